The highest BCUT2D eigenvalue weighted by molar-refractivity contribution is 7.86. The summed E-state index contributed by atoms with van der Waals surface area (Å²) >= 11 is 0. The highest BCUT2D eigenvalue weighted by Gasteiger charge is 2.15. The van der Waals surface area contributed by atoms with Crippen LogP contribution in [0.1, 0.15) is 27.9 Å². The molecule has 4 N–H and O–H groups in total. The molecule has 1 heterocycles. The lowest BCUT2D eigenvalue weighted by atomic mass is 10.1. The number of nitrogen functional groups attached to an aromatic ring is 1. The lowest BCUT2D eigenvalue weighted by Crippen LogP contribution is -2.28. The molecule has 0 spiro atoms. The number of rotatable bonds is 1. The standard InChI is InChI=1S/C9H12O3S.C7H11N3/c1-6-4-7(2)9(8(3)5-6)13(10,11)12;1-5-3-6(2)10(9)7(8)4-5/h4-5H,1-3H3,(H,10,11,12);3-4,8H,9H2,1-2H3. The first kappa shape index (κ1) is 18.9. The summed E-state index contributed by atoms with van der Waals surface area (Å²) in [6.45, 7) is 9.05. The van der Waals surface area contributed by atoms with Crippen molar-refractivity contribution < 1.29 is 13.0 Å². The van der Waals surface area contributed by atoms with E-state index in [4.69, 9.17) is 15.8 Å². The van der Waals surface area contributed by atoms with E-state index in [1.165, 1.54) is 4.68 Å². The van der Waals surface area contributed by atoms with Crippen molar-refractivity contribution in [2.75, 3.05) is 5.84 Å². The van der Waals surface area contributed by atoms with Gasteiger partial charge >= 0.3 is 0 Å². The van der Waals surface area contributed by atoms with Gasteiger partial charge in [-0.2, -0.15) is 8.42 Å². The Balaban J connectivity index is 0.000000238. The number of pyridine rings is 1. The first-order valence-corrected chi connectivity index (χ1v) is 8.42. The van der Waals surface area contributed by atoms with Crippen molar-refractivity contribution in [3.8, 4) is 0 Å². The maximum atomic E-state index is 10.9. The van der Waals surface area contributed by atoms with Gasteiger partial charge in [0.25, 0.3) is 10.1 Å². The van der Waals surface area contributed by atoms with E-state index in [0.717, 1.165) is 16.8 Å². The summed E-state index contributed by atoms with van der Waals surface area (Å²) in [4.78, 5) is 0.0260. The van der Waals surface area contributed by atoms with Crippen molar-refractivity contribution in [1.29, 1.82) is 5.41 Å². The number of nitrogens with one attached hydrogen (secondary N) is 1. The fraction of sp³-hybridized carbons (Fsp3) is 0.312. The average Bonchev–Trinajstić information content (AvgIpc) is 2.33. The van der Waals surface area contributed by atoms with Gasteiger partial charge in [0.1, 0.15) is 5.49 Å². The molecule has 0 aliphatic rings. The van der Waals surface area contributed by atoms with Crippen molar-refractivity contribution in [3.05, 3.63) is 57.7 Å². The van der Waals surface area contributed by atoms with Crippen molar-refractivity contribution in [3.63, 3.8) is 0 Å². The van der Waals surface area contributed by atoms with Gasteiger partial charge in [0.05, 0.1) is 4.90 Å². The number of aromatic nitrogens is 1. The molecule has 0 bridgehead atoms. The minimum Gasteiger partial charge on any atom is -0.338 e. The molecule has 2 aromatic rings. The van der Waals surface area contributed by atoms with Crippen molar-refractivity contribution in [1.82, 2.24) is 4.68 Å². The third kappa shape index (κ3) is 4.94. The Hall–Kier alpha value is -2.12. The van der Waals surface area contributed by atoms with E-state index in [-0.39, 0.29) is 4.90 Å². The molecule has 7 heteroatoms. The lowest BCUT2D eigenvalue weighted by Gasteiger charge is -2.07. The molecule has 0 unspecified atom stereocenters. The SMILES string of the molecule is Cc1cc(C)c(S(=O)(=O)O)c(C)c1.Cc1cc(C)n(N)c(=N)c1. The summed E-state index contributed by atoms with van der Waals surface area (Å²) in [6, 6.07) is 7.14. The molecule has 0 radical (unpaired) electrons. The Kier molecular flexibility index (Phi) is 5.74. The molecule has 0 aliphatic carbocycles. The largest absolute Gasteiger partial charge is 0.338 e. The molecule has 1 aromatic carbocycles. The van der Waals surface area contributed by atoms with Crippen LogP contribution in [0.4, 0.5) is 0 Å². The second kappa shape index (κ2) is 6.97. The van der Waals surface area contributed by atoms with Gasteiger partial charge in [-0.25, -0.2) is 4.68 Å². The molecule has 1 aromatic heterocycles. The summed E-state index contributed by atoms with van der Waals surface area (Å²) in [5.74, 6) is 5.48. The Morgan fingerprint density at radius 3 is 1.78 bits per heavy atom. The minimum absolute atomic E-state index is 0.0260. The van der Waals surface area contributed by atoms with Gasteiger partial charge in [0, 0.05) is 5.69 Å². The van der Waals surface area contributed by atoms with Crippen LogP contribution in [0.15, 0.2) is 29.2 Å². The second-order valence-electron chi connectivity index (χ2n) is 5.63. The molecular formula is C16H23N3O3S. The first-order chi connectivity index (χ1) is 10.4. The van der Waals surface area contributed by atoms with E-state index >= 15 is 0 Å². The number of hydrogen-bond donors (Lipinski definition) is 3. The number of aryl methyl sites for hydroxylation is 5. The van der Waals surface area contributed by atoms with Gasteiger partial charge in [-0.3, -0.25) is 9.96 Å². The Morgan fingerprint density at radius 1 is 0.957 bits per heavy atom. The van der Waals surface area contributed by atoms with Gasteiger partial charge in [-0.1, -0.05) is 17.7 Å². The Bertz CT molecular complexity index is 861. The molecule has 0 saturated carbocycles. The van der Waals surface area contributed by atoms with Gasteiger partial charge < -0.3 is 5.84 Å². The summed E-state index contributed by atoms with van der Waals surface area (Å²) in [5, 5.41) is 7.34. The molecular weight excluding hydrogens is 314 g/mol. The highest BCUT2D eigenvalue weighted by atomic mass is 32.2. The smallest absolute Gasteiger partial charge is 0.295 e. The molecule has 0 atom stereocenters. The number of benzene rings is 1. The van der Waals surface area contributed by atoms with Crippen molar-refractivity contribution >= 4 is 10.1 Å². The van der Waals surface area contributed by atoms with Crippen molar-refractivity contribution in [2.45, 2.75) is 39.5 Å². The van der Waals surface area contributed by atoms with Crippen LogP contribution in [0.2, 0.25) is 0 Å². The predicted octanol–water partition coefficient (Wildman–Crippen LogP) is 2.16. The second-order valence-corrected chi connectivity index (χ2v) is 6.99. The van der Waals surface area contributed by atoms with E-state index in [1.807, 2.05) is 26.8 Å². The average molecular weight is 337 g/mol. The van der Waals surface area contributed by atoms with Gasteiger partial charge in [0.2, 0.25) is 0 Å². The molecule has 2 rings (SSSR count). The molecule has 0 amide bonds. The highest BCUT2D eigenvalue weighted by Crippen LogP contribution is 2.20. The van der Waals surface area contributed by atoms with Crippen LogP contribution in [0.3, 0.4) is 0 Å². The third-order valence-electron chi connectivity index (χ3n) is 3.30. The summed E-state index contributed by atoms with van der Waals surface area (Å²) < 4.78 is 32.2. The monoisotopic (exact) mass is 337 g/mol. The number of nitrogens with two attached hydrogens (primary N) is 1. The fourth-order valence-corrected chi connectivity index (χ4v) is 3.42. The molecule has 126 valence electrons. The zero-order chi connectivity index (χ0) is 17.9. The van der Waals surface area contributed by atoms with Crippen LogP contribution >= 0.6 is 0 Å². The summed E-state index contributed by atoms with van der Waals surface area (Å²) in [6.07, 6.45) is 0. The van der Waals surface area contributed by atoms with Crippen LogP contribution in [0.5, 0.6) is 0 Å². The van der Waals surface area contributed by atoms with Gasteiger partial charge in [0.15, 0.2) is 0 Å². The summed E-state index contributed by atoms with van der Waals surface area (Å²) in [5.41, 5.74) is 4.48. The van der Waals surface area contributed by atoms with E-state index in [0.29, 0.717) is 16.6 Å². The number of hydrogen-bond acceptors (Lipinski definition) is 4. The molecule has 23 heavy (non-hydrogen) atoms. The van der Waals surface area contributed by atoms with Gasteiger partial charge in [-0.15, -0.1) is 0 Å². The van der Waals surface area contributed by atoms with E-state index in [9.17, 15) is 8.42 Å². The van der Waals surface area contributed by atoms with E-state index in [2.05, 4.69) is 0 Å². The van der Waals surface area contributed by atoms with Gasteiger partial charge in [-0.05, 0) is 63.4 Å². The topological polar surface area (TPSA) is 109 Å². The van der Waals surface area contributed by atoms with E-state index in [1.54, 1.807) is 32.0 Å². The quantitative estimate of drug-likeness (QED) is 0.547. The van der Waals surface area contributed by atoms with Crippen LogP contribution in [0, 0.1) is 40.0 Å². The zero-order valence-corrected chi connectivity index (χ0v) is 14.8. The molecule has 0 fully saturated rings. The predicted molar refractivity (Wildman–Crippen MR) is 90.4 cm³/mol. The van der Waals surface area contributed by atoms with Crippen LogP contribution in [-0.4, -0.2) is 17.6 Å². The van der Waals surface area contributed by atoms with Crippen LogP contribution < -0.4 is 11.3 Å². The van der Waals surface area contributed by atoms with Crippen LogP contribution in [0.25, 0.3) is 0 Å². The maximum absolute atomic E-state index is 10.9. The normalized spacial score (nSPS) is 10.9. The van der Waals surface area contributed by atoms with E-state index < -0.39 is 10.1 Å². The zero-order valence-electron chi connectivity index (χ0n) is 14.0. The number of nitrogens with zero attached hydrogens (tertiary/aromatic N) is 1. The molecule has 0 aliphatic heterocycles. The third-order valence-corrected chi connectivity index (χ3v) is 4.46. The fourth-order valence-electron chi connectivity index (χ4n) is 2.49. The Morgan fingerprint density at radius 2 is 1.39 bits per heavy atom. The molecule has 6 nitrogen and oxygen atoms in total. The summed E-state index contributed by atoms with van der Waals surface area (Å²) in [7, 11) is -4.08. The van der Waals surface area contributed by atoms with Crippen LogP contribution in [-0.2, 0) is 10.1 Å². The first-order valence-electron chi connectivity index (χ1n) is 6.98. The molecule has 0 saturated heterocycles. The lowest BCUT2D eigenvalue weighted by molar-refractivity contribution is 0.482. The minimum atomic E-state index is -4.08. The maximum Gasteiger partial charge on any atom is 0.295 e. The van der Waals surface area contributed by atoms with Crippen molar-refractivity contribution in [2.24, 2.45) is 0 Å². The Labute approximate surface area is 136 Å².